The summed E-state index contributed by atoms with van der Waals surface area (Å²) < 4.78 is 17.3. The Morgan fingerprint density at radius 3 is 2.39 bits per heavy atom. The first-order valence-electron chi connectivity index (χ1n) is 8.85. The lowest BCUT2D eigenvalue weighted by Gasteiger charge is -2.09. The predicted molar refractivity (Wildman–Crippen MR) is 116 cm³/mol. The average Bonchev–Trinajstić information content (AvgIpc) is 2.99. The van der Waals surface area contributed by atoms with Crippen LogP contribution in [0.5, 0.6) is 11.5 Å². The van der Waals surface area contributed by atoms with E-state index in [4.69, 9.17) is 26.4 Å². The number of nitrogens with one attached hydrogen (secondary N) is 1. The van der Waals surface area contributed by atoms with Crippen LogP contribution in [0, 0.1) is 6.92 Å². The van der Waals surface area contributed by atoms with Crippen molar-refractivity contribution in [1.82, 2.24) is 5.32 Å². The molecule has 0 aliphatic carbocycles. The first kappa shape index (κ1) is 20.4. The van der Waals surface area contributed by atoms with E-state index in [1.54, 1.807) is 6.08 Å². The van der Waals surface area contributed by atoms with Gasteiger partial charge in [0, 0.05) is 0 Å². The van der Waals surface area contributed by atoms with Crippen molar-refractivity contribution in [2.75, 3.05) is 26.4 Å². The Bertz CT molecular complexity index is 865. The molecular weight excluding hydrogens is 394 g/mol. The van der Waals surface area contributed by atoms with Crippen LogP contribution in [-0.2, 0) is 9.53 Å². The number of carbonyl (C=O) groups is 1. The molecule has 1 aliphatic heterocycles. The van der Waals surface area contributed by atoms with Crippen molar-refractivity contribution in [2.24, 2.45) is 0 Å². The first-order chi connectivity index (χ1) is 13.6. The normalized spacial score (nSPS) is 15.0. The Morgan fingerprint density at radius 2 is 1.71 bits per heavy atom. The predicted octanol–water partition coefficient (Wildman–Crippen LogP) is 3.96. The zero-order valence-electron chi connectivity index (χ0n) is 15.5. The van der Waals surface area contributed by atoms with Gasteiger partial charge in [0.15, 0.2) is 0 Å². The summed E-state index contributed by atoms with van der Waals surface area (Å²) in [6.07, 6.45) is 1.80. The van der Waals surface area contributed by atoms with Crippen LogP contribution in [0.25, 0.3) is 6.08 Å². The zero-order chi connectivity index (χ0) is 19.8. The topological polar surface area (TPSA) is 56.8 Å². The van der Waals surface area contributed by atoms with E-state index in [1.807, 2.05) is 55.5 Å². The molecule has 1 fully saturated rings. The molecule has 1 N–H and O–H groups in total. The minimum Gasteiger partial charge on any atom is -0.491 e. The van der Waals surface area contributed by atoms with E-state index in [2.05, 4.69) is 5.32 Å². The molecule has 5 nitrogen and oxygen atoms in total. The van der Waals surface area contributed by atoms with Crippen molar-refractivity contribution in [2.45, 2.75) is 6.92 Å². The third-order valence-electron chi connectivity index (χ3n) is 3.81. The number of hydrogen-bond donors (Lipinski definition) is 1. The average molecular weight is 416 g/mol. The van der Waals surface area contributed by atoms with Crippen LogP contribution in [0.3, 0.4) is 0 Å². The Morgan fingerprint density at radius 1 is 1.00 bits per heavy atom. The molecule has 0 saturated carbocycles. The molecule has 1 aliphatic rings. The molecule has 1 amide bonds. The largest absolute Gasteiger partial charge is 0.491 e. The monoisotopic (exact) mass is 415 g/mol. The molecule has 0 atom stereocenters. The van der Waals surface area contributed by atoms with Crippen LogP contribution in [0.15, 0.2) is 53.4 Å². The molecule has 146 valence electrons. The quantitative estimate of drug-likeness (QED) is 0.380. The molecule has 0 aromatic heterocycles. The van der Waals surface area contributed by atoms with E-state index in [9.17, 15) is 4.79 Å². The Kier molecular flexibility index (Phi) is 7.47. The second-order valence-electron chi connectivity index (χ2n) is 6.05. The van der Waals surface area contributed by atoms with E-state index in [1.165, 1.54) is 17.3 Å². The smallest absolute Gasteiger partial charge is 0.263 e. The van der Waals surface area contributed by atoms with Gasteiger partial charge in [-0.15, -0.1) is 0 Å². The minimum absolute atomic E-state index is 0.164. The second-order valence-corrected chi connectivity index (χ2v) is 7.77. The second kappa shape index (κ2) is 10.3. The lowest BCUT2D eigenvalue weighted by atomic mass is 10.2. The van der Waals surface area contributed by atoms with Gasteiger partial charge in [0.05, 0.1) is 18.1 Å². The Labute approximate surface area is 174 Å². The van der Waals surface area contributed by atoms with Crippen LogP contribution in [0.1, 0.15) is 11.1 Å². The lowest BCUT2D eigenvalue weighted by Crippen LogP contribution is -2.17. The molecule has 2 aromatic carbocycles. The molecule has 0 bridgehead atoms. The first-order valence-corrected chi connectivity index (χ1v) is 10.1. The molecule has 3 rings (SSSR count). The van der Waals surface area contributed by atoms with Crippen LogP contribution in [-0.4, -0.2) is 36.7 Å². The number of carbonyl (C=O) groups excluding carboxylic acids is 1. The van der Waals surface area contributed by atoms with Gasteiger partial charge in [0.1, 0.15) is 29.0 Å². The molecule has 2 aromatic rings. The number of thiocarbonyl (C=S) groups is 1. The van der Waals surface area contributed by atoms with Crippen molar-refractivity contribution < 1.29 is 19.0 Å². The minimum atomic E-state index is -0.164. The van der Waals surface area contributed by atoms with Crippen molar-refractivity contribution in [3.63, 3.8) is 0 Å². The van der Waals surface area contributed by atoms with E-state index in [-0.39, 0.29) is 5.91 Å². The highest BCUT2D eigenvalue weighted by molar-refractivity contribution is 8.26. The number of hydrogen-bond acceptors (Lipinski definition) is 6. The summed E-state index contributed by atoms with van der Waals surface area (Å²) in [5.41, 5.74) is 2.09. The van der Waals surface area contributed by atoms with Crippen LogP contribution >= 0.6 is 24.0 Å². The highest BCUT2D eigenvalue weighted by Gasteiger charge is 2.21. The number of amides is 1. The van der Waals surface area contributed by atoms with E-state index in [0.717, 1.165) is 17.1 Å². The standard InChI is InChI=1S/C21H21NO4S2/c1-15-5-7-17(8-6-15)25-11-9-24-10-12-26-18-4-2-3-16(13-18)14-19-20(23)22-21(27)28-19/h2-8,13-14H,9-12H2,1H3,(H,22,23,27)/b19-14-. The van der Waals surface area contributed by atoms with Gasteiger partial charge in [0.25, 0.3) is 5.91 Å². The highest BCUT2D eigenvalue weighted by Crippen LogP contribution is 2.26. The third-order valence-corrected chi connectivity index (χ3v) is 4.97. The van der Waals surface area contributed by atoms with Crippen LogP contribution < -0.4 is 14.8 Å². The maximum Gasteiger partial charge on any atom is 0.263 e. The molecule has 1 heterocycles. The molecule has 0 spiro atoms. The lowest BCUT2D eigenvalue weighted by molar-refractivity contribution is -0.115. The summed E-state index contributed by atoms with van der Waals surface area (Å²) in [5, 5.41) is 2.60. The van der Waals surface area contributed by atoms with Crippen molar-refractivity contribution in [3.05, 3.63) is 64.6 Å². The number of rotatable bonds is 9. The van der Waals surface area contributed by atoms with Gasteiger partial charge in [-0.1, -0.05) is 53.8 Å². The van der Waals surface area contributed by atoms with Gasteiger partial charge in [-0.05, 0) is 42.8 Å². The summed E-state index contributed by atoms with van der Waals surface area (Å²) in [4.78, 5) is 12.3. The third kappa shape index (κ3) is 6.37. The zero-order valence-corrected chi connectivity index (χ0v) is 17.1. The fraction of sp³-hybridized carbons (Fsp3) is 0.238. The summed E-state index contributed by atoms with van der Waals surface area (Å²) in [6, 6.07) is 15.5. The van der Waals surface area contributed by atoms with E-state index in [0.29, 0.717) is 35.7 Å². The summed E-state index contributed by atoms with van der Waals surface area (Å²) in [7, 11) is 0. The molecule has 7 heteroatoms. The van der Waals surface area contributed by atoms with Gasteiger partial charge in [-0.2, -0.15) is 0 Å². The maximum atomic E-state index is 11.7. The molecule has 0 radical (unpaired) electrons. The summed E-state index contributed by atoms with van der Waals surface area (Å²) in [6.45, 7) is 3.93. The number of thioether (sulfide) groups is 1. The van der Waals surface area contributed by atoms with E-state index >= 15 is 0 Å². The number of benzene rings is 2. The summed E-state index contributed by atoms with van der Waals surface area (Å²) in [5.74, 6) is 1.40. The summed E-state index contributed by atoms with van der Waals surface area (Å²) >= 11 is 6.25. The fourth-order valence-electron chi connectivity index (χ4n) is 2.44. The number of ether oxygens (including phenoxy) is 3. The van der Waals surface area contributed by atoms with Gasteiger partial charge < -0.3 is 19.5 Å². The van der Waals surface area contributed by atoms with Gasteiger partial charge in [0.2, 0.25) is 0 Å². The van der Waals surface area contributed by atoms with Crippen LogP contribution in [0.2, 0.25) is 0 Å². The SMILES string of the molecule is Cc1ccc(OCCOCCOc2cccc(/C=C3\SC(=S)NC3=O)c2)cc1. The van der Waals surface area contributed by atoms with Gasteiger partial charge >= 0.3 is 0 Å². The highest BCUT2D eigenvalue weighted by atomic mass is 32.2. The Balaban J connectivity index is 1.36. The van der Waals surface area contributed by atoms with Crippen LogP contribution in [0.4, 0.5) is 0 Å². The van der Waals surface area contributed by atoms with Crippen molar-refractivity contribution >= 4 is 40.3 Å². The van der Waals surface area contributed by atoms with Crippen molar-refractivity contribution in [3.8, 4) is 11.5 Å². The molecule has 1 saturated heterocycles. The molecule has 0 unspecified atom stereocenters. The van der Waals surface area contributed by atoms with Gasteiger partial charge in [-0.25, -0.2) is 0 Å². The maximum absolute atomic E-state index is 11.7. The van der Waals surface area contributed by atoms with E-state index < -0.39 is 0 Å². The fourth-order valence-corrected chi connectivity index (χ4v) is 3.48. The van der Waals surface area contributed by atoms with Crippen molar-refractivity contribution in [1.29, 1.82) is 0 Å². The Hall–Kier alpha value is -2.35. The molecule has 28 heavy (non-hydrogen) atoms. The number of aryl methyl sites for hydroxylation is 1. The van der Waals surface area contributed by atoms with Gasteiger partial charge in [-0.3, -0.25) is 4.79 Å². The molecular formula is C21H21NO4S2.